The highest BCUT2D eigenvalue weighted by Crippen LogP contribution is 2.19. The number of ether oxygens (including phenoxy) is 2. The van der Waals surface area contributed by atoms with Crippen LogP contribution < -0.4 is 14.8 Å². The minimum absolute atomic E-state index is 0. The lowest BCUT2D eigenvalue weighted by Crippen LogP contribution is -2.33. The Balaban J connectivity index is 0.00000280. The fourth-order valence-corrected chi connectivity index (χ4v) is 2.57. The largest absolute Gasteiger partial charge is 0.497 e. The number of methoxy groups -OCH3 is 1. The van der Waals surface area contributed by atoms with Gasteiger partial charge in [0.1, 0.15) is 30.5 Å². The Kier molecular flexibility index (Phi) is 8.19. The Morgan fingerprint density at radius 2 is 1.89 bits per heavy atom. The molecule has 0 aliphatic rings. The maximum absolute atomic E-state index is 10.2. The van der Waals surface area contributed by atoms with E-state index in [1.54, 1.807) is 24.2 Å². The van der Waals surface area contributed by atoms with Crippen LogP contribution in [0.5, 0.6) is 11.5 Å². The average molecular weight is 406 g/mol. The molecular formula is C19H24ClN5O3. The van der Waals surface area contributed by atoms with Crippen molar-refractivity contribution in [1.29, 1.82) is 0 Å². The third-order valence-electron chi connectivity index (χ3n) is 4.15. The molecule has 2 N–H and O–H groups in total. The highest BCUT2D eigenvalue weighted by atomic mass is 35.5. The van der Waals surface area contributed by atoms with E-state index in [2.05, 4.69) is 20.8 Å². The third-order valence-corrected chi connectivity index (χ3v) is 4.15. The number of hydrogen-bond acceptors (Lipinski definition) is 7. The van der Waals surface area contributed by atoms with Crippen LogP contribution >= 0.6 is 12.4 Å². The van der Waals surface area contributed by atoms with E-state index < -0.39 is 6.10 Å². The smallest absolute Gasteiger partial charge is 0.143 e. The van der Waals surface area contributed by atoms with Gasteiger partial charge in [-0.1, -0.05) is 18.2 Å². The van der Waals surface area contributed by atoms with E-state index in [4.69, 9.17) is 9.47 Å². The molecule has 1 heterocycles. The zero-order valence-corrected chi connectivity index (χ0v) is 16.5. The molecule has 0 saturated carbocycles. The molecule has 3 rings (SSSR count). The first-order valence-corrected chi connectivity index (χ1v) is 8.67. The van der Waals surface area contributed by atoms with E-state index in [1.165, 1.54) is 0 Å². The number of halogens is 1. The quantitative estimate of drug-likeness (QED) is 0.563. The summed E-state index contributed by atoms with van der Waals surface area (Å²) in [6.45, 7) is 2.66. The molecule has 9 heteroatoms. The van der Waals surface area contributed by atoms with Crippen LogP contribution in [0.4, 0.5) is 0 Å². The molecule has 0 amide bonds. The number of rotatable bonds is 9. The number of tetrazole rings is 1. The molecule has 2 atom stereocenters. The van der Waals surface area contributed by atoms with Crippen molar-refractivity contribution in [3.05, 3.63) is 60.4 Å². The van der Waals surface area contributed by atoms with Gasteiger partial charge in [-0.3, -0.25) is 0 Å². The van der Waals surface area contributed by atoms with Crippen LogP contribution in [0.25, 0.3) is 5.69 Å². The average Bonchev–Trinajstić information content (AvgIpc) is 3.25. The van der Waals surface area contributed by atoms with Crippen LogP contribution in [0.1, 0.15) is 18.5 Å². The second kappa shape index (κ2) is 10.6. The second-order valence-electron chi connectivity index (χ2n) is 6.12. The maximum atomic E-state index is 10.2. The predicted molar refractivity (Wildman–Crippen MR) is 107 cm³/mol. The molecule has 2 aromatic carbocycles. The molecule has 150 valence electrons. The van der Waals surface area contributed by atoms with E-state index in [0.717, 1.165) is 17.0 Å². The van der Waals surface area contributed by atoms with Gasteiger partial charge in [0, 0.05) is 18.7 Å². The number of nitrogens with zero attached hydrogens (tertiary/aromatic N) is 4. The summed E-state index contributed by atoms with van der Waals surface area (Å²) >= 11 is 0. The number of aliphatic hydroxyl groups is 1. The van der Waals surface area contributed by atoms with Gasteiger partial charge < -0.3 is 19.9 Å². The molecule has 0 spiro atoms. The number of benzene rings is 2. The van der Waals surface area contributed by atoms with E-state index in [-0.39, 0.29) is 25.1 Å². The van der Waals surface area contributed by atoms with Gasteiger partial charge in [0.05, 0.1) is 12.8 Å². The Morgan fingerprint density at radius 1 is 1.14 bits per heavy atom. The van der Waals surface area contributed by atoms with Crippen molar-refractivity contribution in [2.75, 3.05) is 20.3 Å². The van der Waals surface area contributed by atoms with Gasteiger partial charge in [-0.2, -0.15) is 0 Å². The molecule has 1 aromatic heterocycles. The number of nitrogens with one attached hydrogen (secondary N) is 1. The van der Waals surface area contributed by atoms with Crippen LogP contribution in [0.2, 0.25) is 0 Å². The summed E-state index contributed by atoms with van der Waals surface area (Å²) in [6, 6.07) is 15.3. The summed E-state index contributed by atoms with van der Waals surface area (Å²) in [5.41, 5.74) is 2.00. The monoisotopic (exact) mass is 405 g/mol. The van der Waals surface area contributed by atoms with Gasteiger partial charge in [-0.15, -0.1) is 17.5 Å². The van der Waals surface area contributed by atoms with E-state index in [9.17, 15) is 5.11 Å². The molecule has 0 radical (unpaired) electrons. The lowest BCUT2D eigenvalue weighted by atomic mass is 10.1. The molecule has 3 aromatic rings. The van der Waals surface area contributed by atoms with E-state index in [1.807, 2.05) is 49.4 Å². The summed E-state index contributed by atoms with van der Waals surface area (Å²) in [7, 11) is 1.61. The molecular weight excluding hydrogens is 382 g/mol. The number of hydrogen-bond donors (Lipinski definition) is 2. The van der Waals surface area contributed by atoms with Gasteiger partial charge in [0.25, 0.3) is 0 Å². The summed E-state index contributed by atoms with van der Waals surface area (Å²) in [5, 5.41) is 24.6. The molecule has 0 saturated heterocycles. The highest BCUT2D eigenvalue weighted by Gasteiger charge is 2.10. The molecule has 0 bridgehead atoms. The minimum Gasteiger partial charge on any atom is -0.497 e. The molecule has 0 fully saturated rings. The summed E-state index contributed by atoms with van der Waals surface area (Å²) < 4.78 is 12.4. The first-order valence-electron chi connectivity index (χ1n) is 8.67. The molecule has 2 unspecified atom stereocenters. The van der Waals surface area contributed by atoms with Crippen molar-refractivity contribution in [2.45, 2.75) is 19.1 Å². The van der Waals surface area contributed by atoms with Crippen LogP contribution in [0, 0.1) is 0 Å². The van der Waals surface area contributed by atoms with Crippen LogP contribution in [-0.2, 0) is 0 Å². The Labute approximate surface area is 169 Å². The topological polar surface area (TPSA) is 94.3 Å². The second-order valence-corrected chi connectivity index (χ2v) is 6.12. The fourth-order valence-electron chi connectivity index (χ4n) is 2.57. The van der Waals surface area contributed by atoms with E-state index >= 15 is 0 Å². The number of aromatic nitrogens is 4. The molecule has 0 aliphatic carbocycles. The van der Waals surface area contributed by atoms with Crippen LogP contribution in [0.3, 0.4) is 0 Å². The Hall–Kier alpha value is -2.68. The van der Waals surface area contributed by atoms with Crippen LogP contribution in [-0.4, -0.2) is 51.7 Å². The highest BCUT2D eigenvalue weighted by molar-refractivity contribution is 5.85. The molecule has 28 heavy (non-hydrogen) atoms. The van der Waals surface area contributed by atoms with Crippen molar-refractivity contribution >= 4 is 12.4 Å². The normalized spacial score (nSPS) is 12.7. The van der Waals surface area contributed by atoms with Crippen molar-refractivity contribution in [3.8, 4) is 17.2 Å². The van der Waals surface area contributed by atoms with Crippen molar-refractivity contribution in [2.24, 2.45) is 0 Å². The van der Waals surface area contributed by atoms with Gasteiger partial charge in [-0.25, -0.2) is 4.68 Å². The van der Waals surface area contributed by atoms with Crippen molar-refractivity contribution < 1.29 is 14.6 Å². The number of aliphatic hydroxyl groups excluding tert-OH is 1. The fraction of sp³-hybridized carbons (Fsp3) is 0.316. The Bertz CT molecular complexity index is 830. The van der Waals surface area contributed by atoms with Crippen molar-refractivity contribution in [3.63, 3.8) is 0 Å². The SMILES string of the molecule is COc1cccc(OCC(O)CNC(C)c2ccc(-n3cnnn3)cc2)c1.Cl. The van der Waals surface area contributed by atoms with Gasteiger partial charge >= 0.3 is 0 Å². The first kappa shape index (κ1) is 21.6. The Morgan fingerprint density at radius 3 is 2.57 bits per heavy atom. The lowest BCUT2D eigenvalue weighted by molar-refractivity contribution is 0.104. The maximum Gasteiger partial charge on any atom is 0.143 e. The van der Waals surface area contributed by atoms with Gasteiger partial charge in [0.2, 0.25) is 0 Å². The summed E-state index contributed by atoms with van der Waals surface area (Å²) in [5.74, 6) is 1.39. The van der Waals surface area contributed by atoms with E-state index in [0.29, 0.717) is 12.3 Å². The standard InChI is InChI=1S/C19H23N5O3.ClH/c1-14(15-6-8-16(9-7-15)24-13-21-22-23-24)20-11-17(25)12-27-19-5-3-4-18(10-19)26-2;/h3-10,13-14,17,20,25H,11-12H2,1-2H3;1H. The molecule has 0 aliphatic heterocycles. The van der Waals surface area contributed by atoms with Gasteiger partial charge in [-0.05, 0) is 47.2 Å². The predicted octanol–water partition coefficient (Wildman–Crippen LogP) is 2.18. The zero-order valence-electron chi connectivity index (χ0n) is 15.7. The van der Waals surface area contributed by atoms with Crippen LogP contribution in [0.15, 0.2) is 54.9 Å². The lowest BCUT2D eigenvalue weighted by Gasteiger charge is -2.18. The summed E-state index contributed by atoms with van der Waals surface area (Å²) in [6.07, 6.45) is 0.925. The summed E-state index contributed by atoms with van der Waals surface area (Å²) in [4.78, 5) is 0. The third kappa shape index (κ3) is 5.91. The van der Waals surface area contributed by atoms with Gasteiger partial charge in [0.15, 0.2) is 0 Å². The molecule has 8 nitrogen and oxygen atoms in total. The minimum atomic E-state index is -0.626. The zero-order chi connectivity index (χ0) is 19.1. The first-order chi connectivity index (χ1) is 13.2. The van der Waals surface area contributed by atoms with Crippen molar-refractivity contribution in [1.82, 2.24) is 25.5 Å².